The summed E-state index contributed by atoms with van der Waals surface area (Å²) in [6.07, 6.45) is 0.744. The topological polar surface area (TPSA) is 17.1 Å². The maximum absolute atomic E-state index is 11.3. The molecule has 0 bridgehead atoms. The minimum absolute atomic E-state index is 0.113. The highest BCUT2D eigenvalue weighted by Gasteiger charge is 2.21. The molecule has 0 aromatic carbocycles. The summed E-state index contributed by atoms with van der Waals surface area (Å²) < 4.78 is 0.340. The lowest BCUT2D eigenvalue weighted by molar-refractivity contribution is -0.789. The van der Waals surface area contributed by atoms with Crippen LogP contribution in [-0.4, -0.2) is 31.5 Å². The van der Waals surface area contributed by atoms with Gasteiger partial charge < -0.3 is 0 Å². The molecular weight excluding hydrogens is 126 g/mol. The minimum Gasteiger partial charge on any atom is -0.264 e. The van der Waals surface area contributed by atoms with Crippen molar-refractivity contribution in [2.24, 2.45) is 0 Å². The second kappa shape index (κ2) is 2.97. The second-order valence-corrected chi connectivity index (χ2v) is 3.27. The first-order valence-electron chi connectivity index (χ1n) is 3.43. The summed E-state index contributed by atoms with van der Waals surface area (Å²) in [5.41, 5.74) is 0.701. The zero-order valence-electron chi connectivity index (χ0n) is 7.27. The predicted molar refractivity (Wildman–Crippen MR) is 42.5 cm³/mol. The highest BCUT2D eigenvalue weighted by atomic mass is 16.2. The summed E-state index contributed by atoms with van der Waals surface area (Å²) in [6, 6.07) is 0. The molecule has 0 rings (SSSR count). The molecule has 0 atom stereocenters. The summed E-state index contributed by atoms with van der Waals surface area (Å²) in [4.78, 5) is 11.3. The SMILES string of the molecule is C=C(CC)C(=O)[N+](C)(C)C. The number of amides is 1. The third-order valence-electron chi connectivity index (χ3n) is 1.34. The first-order valence-corrected chi connectivity index (χ1v) is 3.43. The van der Waals surface area contributed by atoms with Crippen LogP contribution in [0.5, 0.6) is 0 Å². The normalized spacial score (nSPS) is 11.2. The average molecular weight is 142 g/mol. The number of hydrogen-bond acceptors (Lipinski definition) is 1. The molecule has 0 heterocycles. The third-order valence-corrected chi connectivity index (χ3v) is 1.34. The fraction of sp³-hybridized carbons (Fsp3) is 0.625. The molecule has 0 aromatic heterocycles. The van der Waals surface area contributed by atoms with Gasteiger partial charge in [0.05, 0.1) is 21.1 Å². The largest absolute Gasteiger partial charge is 0.340 e. The van der Waals surface area contributed by atoms with Gasteiger partial charge >= 0.3 is 5.91 Å². The molecular formula is C8H16NO+. The molecule has 0 aromatic rings. The van der Waals surface area contributed by atoms with E-state index in [1.807, 2.05) is 28.1 Å². The van der Waals surface area contributed by atoms with Crippen LogP contribution in [0.2, 0.25) is 0 Å². The Labute approximate surface area is 62.7 Å². The van der Waals surface area contributed by atoms with Crippen LogP contribution in [0.4, 0.5) is 0 Å². The van der Waals surface area contributed by atoms with Gasteiger partial charge in [-0.3, -0.25) is 4.48 Å². The first-order chi connectivity index (χ1) is 4.39. The van der Waals surface area contributed by atoms with E-state index in [2.05, 4.69) is 6.58 Å². The number of hydrogen-bond donors (Lipinski definition) is 0. The lowest BCUT2D eigenvalue weighted by Crippen LogP contribution is -2.41. The van der Waals surface area contributed by atoms with Crippen molar-refractivity contribution >= 4 is 5.91 Å². The molecule has 2 nitrogen and oxygen atoms in total. The molecule has 0 aliphatic carbocycles. The fourth-order valence-electron chi connectivity index (χ4n) is 0.626. The Kier molecular flexibility index (Phi) is 2.78. The van der Waals surface area contributed by atoms with E-state index in [4.69, 9.17) is 0 Å². The molecule has 0 N–H and O–H groups in total. The van der Waals surface area contributed by atoms with E-state index in [1.165, 1.54) is 0 Å². The molecule has 2 heteroatoms. The van der Waals surface area contributed by atoms with Crippen LogP contribution in [0.3, 0.4) is 0 Å². The van der Waals surface area contributed by atoms with Crippen molar-refractivity contribution < 1.29 is 9.28 Å². The maximum atomic E-state index is 11.3. The molecule has 0 saturated heterocycles. The number of carbonyl (C=O) groups is 1. The van der Waals surface area contributed by atoms with E-state index in [-0.39, 0.29) is 5.91 Å². The van der Waals surface area contributed by atoms with Crippen molar-refractivity contribution in [1.29, 1.82) is 0 Å². The van der Waals surface area contributed by atoms with Gasteiger partial charge in [-0.1, -0.05) is 13.5 Å². The monoisotopic (exact) mass is 142 g/mol. The van der Waals surface area contributed by atoms with Crippen LogP contribution >= 0.6 is 0 Å². The van der Waals surface area contributed by atoms with E-state index in [1.54, 1.807) is 0 Å². The maximum Gasteiger partial charge on any atom is 0.340 e. The van der Waals surface area contributed by atoms with Gasteiger partial charge in [0.25, 0.3) is 0 Å². The molecule has 58 valence electrons. The lowest BCUT2D eigenvalue weighted by atomic mass is 10.2. The van der Waals surface area contributed by atoms with Gasteiger partial charge in [-0.15, -0.1) is 0 Å². The quantitative estimate of drug-likeness (QED) is 0.418. The summed E-state index contributed by atoms with van der Waals surface area (Å²) in [6.45, 7) is 5.61. The van der Waals surface area contributed by atoms with E-state index >= 15 is 0 Å². The van der Waals surface area contributed by atoms with Crippen LogP contribution < -0.4 is 0 Å². The summed E-state index contributed by atoms with van der Waals surface area (Å²) >= 11 is 0. The molecule has 1 amide bonds. The zero-order chi connectivity index (χ0) is 8.36. The van der Waals surface area contributed by atoms with E-state index in [0.29, 0.717) is 10.1 Å². The molecule has 10 heavy (non-hydrogen) atoms. The Morgan fingerprint density at radius 3 is 1.90 bits per heavy atom. The lowest BCUT2D eigenvalue weighted by Gasteiger charge is -2.20. The average Bonchev–Trinajstić information content (AvgIpc) is 1.83. The predicted octanol–water partition coefficient (Wildman–Crippen LogP) is 1.19. The number of carbonyl (C=O) groups excluding carboxylic acids is 1. The smallest absolute Gasteiger partial charge is 0.264 e. The van der Waals surface area contributed by atoms with E-state index < -0.39 is 0 Å². The summed E-state index contributed by atoms with van der Waals surface area (Å²) in [7, 11) is 5.55. The van der Waals surface area contributed by atoms with Gasteiger partial charge in [0.1, 0.15) is 0 Å². The van der Waals surface area contributed by atoms with Gasteiger partial charge in [-0.2, -0.15) is 0 Å². The van der Waals surface area contributed by atoms with Crippen LogP contribution in [-0.2, 0) is 4.79 Å². The van der Waals surface area contributed by atoms with E-state index in [9.17, 15) is 4.79 Å². The van der Waals surface area contributed by atoms with Gasteiger partial charge in [-0.05, 0) is 6.42 Å². The molecule has 0 unspecified atom stereocenters. The van der Waals surface area contributed by atoms with Gasteiger partial charge in [0, 0.05) is 5.57 Å². The molecule has 0 saturated carbocycles. The highest BCUT2D eigenvalue weighted by molar-refractivity contribution is 5.86. The zero-order valence-corrected chi connectivity index (χ0v) is 7.27. The number of rotatable bonds is 2. The molecule has 0 radical (unpaired) electrons. The van der Waals surface area contributed by atoms with Crippen molar-refractivity contribution in [3.63, 3.8) is 0 Å². The van der Waals surface area contributed by atoms with Crippen molar-refractivity contribution in [2.45, 2.75) is 13.3 Å². The summed E-state index contributed by atoms with van der Waals surface area (Å²) in [5, 5.41) is 0. The number of quaternary nitrogens is 1. The first kappa shape index (κ1) is 9.37. The van der Waals surface area contributed by atoms with Gasteiger partial charge in [0.15, 0.2) is 0 Å². The molecule has 0 fully saturated rings. The van der Waals surface area contributed by atoms with Crippen molar-refractivity contribution in [2.75, 3.05) is 21.1 Å². The summed E-state index contributed by atoms with van der Waals surface area (Å²) in [5.74, 6) is 0.113. The van der Waals surface area contributed by atoms with E-state index in [0.717, 1.165) is 6.42 Å². The molecule has 0 aliphatic heterocycles. The highest BCUT2D eigenvalue weighted by Crippen LogP contribution is 2.04. The van der Waals surface area contributed by atoms with Gasteiger partial charge in [-0.25, -0.2) is 4.79 Å². The van der Waals surface area contributed by atoms with Crippen LogP contribution in [0.15, 0.2) is 12.2 Å². The van der Waals surface area contributed by atoms with Gasteiger partial charge in [0.2, 0.25) is 0 Å². The Balaban J connectivity index is 4.24. The van der Waals surface area contributed by atoms with Crippen LogP contribution in [0.25, 0.3) is 0 Å². The Morgan fingerprint density at radius 2 is 1.80 bits per heavy atom. The fourth-order valence-corrected chi connectivity index (χ4v) is 0.626. The minimum atomic E-state index is 0.113. The van der Waals surface area contributed by atoms with Crippen molar-refractivity contribution in [1.82, 2.24) is 0 Å². The Bertz CT molecular complexity index is 153. The van der Waals surface area contributed by atoms with Crippen LogP contribution in [0, 0.1) is 0 Å². The molecule has 0 spiro atoms. The molecule has 0 aliphatic rings. The van der Waals surface area contributed by atoms with Crippen molar-refractivity contribution in [3.05, 3.63) is 12.2 Å². The Hall–Kier alpha value is -0.630. The third kappa shape index (κ3) is 2.31. The number of likely N-dealkylation sites (N-methyl/N-ethyl adjacent to an activating group) is 1. The second-order valence-electron chi connectivity index (χ2n) is 3.27. The van der Waals surface area contributed by atoms with Crippen molar-refractivity contribution in [3.8, 4) is 0 Å². The number of nitrogens with zero attached hydrogens (tertiary/aromatic N) is 1. The standard InChI is InChI=1S/C8H16NO/c1-6-7(2)8(10)9(3,4)5/h2,6H2,1,3-5H3/q+1. The Morgan fingerprint density at radius 1 is 1.40 bits per heavy atom. The van der Waals surface area contributed by atoms with Crippen LogP contribution in [0.1, 0.15) is 13.3 Å².